The molecule has 2 aromatic carbocycles. The number of carbonyl (C=O) groups is 1. The Labute approximate surface area is 226 Å². The number of ether oxygens (including phenoxy) is 3. The van der Waals surface area contributed by atoms with Crippen molar-refractivity contribution in [1.82, 2.24) is 9.47 Å². The molecule has 1 aromatic heterocycles. The molecule has 3 heterocycles. The van der Waals surface area contributed by atoms with Crippen LogP contribution in [0.5, 0.6) is 5.75 Å². The van der Waals surface area contributed by atoms with Crippen molar-refractivity contribution < 1.29 is 19.0 Å². The number of aromatic nitrogens is 1. The summed E-state index contributed by atoms with van der Waals surface area (Å²) in [4.78, 5) is 15.8. The maximum atomic E-state index is 13.1. The molecule has 0 spiro atoms. The van der Waals surface area contributed by atoms with Crippen LogP contribution in [-0.2, 0) is 21.6 Å². The lowest BCUT2D eigenvalue weighted by atomic mass is 9.79. The SMILES string of the molecule is CCOC1CC2CCC(c3ccc(C)cc3)(C1)N2Cc1c(OC)cc(C)c2c1ccn2C(=O)OC(C)(C)C. The zero-order valence-electron chi connectivity index (χ0n) is 24.0. The normalized spacial score (nSPS) is 23.7. The molecular formula is C32H42N2O4. The molecule has 0 radical (unpaired) electrons. The molecule has 2 saturated heterocycles. The van der Waals surface area contributed by atoms with Crippen molar-refractivity contribution in [2.45, 2.75) is 97.1 Å². The van der Waals surface area contributed by atoms with Gasteiger partial charge in [0.25, 0.3) is 0 Å². The molecule has 6 nitrogen and oxygen atoms in total. The number of aryl methyl sites for hydroxylation is 2. The average Bonchev–Trinajstić information content (AvgIpc) is 3.38. The van der Waals surface area contributed by atoms with E-state index in [1.165, 1.54) is 11.1 Å². The van der Waals surface area contributed by atoms with E-state index in [1.54, 1.807) is 11.7 Å². The minimum Gasteiger partial charge on any atom is -0.496 e. The number of benzene rings is 2. The molecule has 3 atom stereocenters. The maximum absolute atomic E-state index is 13.1. The molecule has 0 saturated carbocycles. The largest absolute Gasteiger partial charge is 0.496 e. The minimum atomic E-state index is -0.568. The fourth-order valence-electron chi connectivity index (χ4n) is 6.76. The quantitative estimate of drug-likeness (QED) is 0.348. The summed E-state index contributed by atoms with van der Waals surface area (Å²) in [7, 11) is 1.74. The topological polar surface area (TPSA) is 52.9 Å². The van der Waals surface area contributed by atoms with Gasteiger partial charge < -0.3 is 14.2 Å². The average molecular weight is 519 g/mol. The number of methoxy groups -OCH3 is 1. The maximum Gasteiger partial charge on any atom is 0.419 e. The first-order valence-electron chi connectivity index (χ1n) is 13.9. The third kappa shape index (κ3) is 4.73. The summed E-state index contributed by atoms with van der Waals surface area (Å²) >= 11 is 0. The number of piperidine rings is 1. The highest BCUT2D eigenvalue weighted by atomic mass is 16.6. The minimum absolute atomic E-state index is 0.0909. The molecule has 6 heteroatoms. The van der Waals surface area contributed by atoms with Gasteiger partial charge in [-0.1, -0.05) is 29.8 Å². The third-order valence-electron chi connectivity index (χ3n) is 8.34. The Hall–Kier alpha value is -2.83. The Morgan fingerprint density at radius 2 is 1.87 bits per heavy atom. The lowest BCUT2D eigenvalue weighted by Gasteiger charge is -2.48. The molecular weight excluding hydrogens is 476 g/mol. The summed E-state index contributed by atoms with van der Waals surface area (Å²) in [6.07, 6.45) is 6.02. The second-order valence-electron chi connectivity index (χ2n) is 12.0. The van der Waals surface area contributed by atoms with Crippen LogP contribution >= 0.6 is 0 Å². The standard InChI is InChI=1S/C32H42N2O4/c1-8-37-25-18-24-13-15-32(19-25,23-11-9-21(2)10-12-23)34(24)20-27-26-14-16-33(30(35)38-31(4,5)6)29(26)22(3)17-28(27)36-7/h9-12,14,16-17,24-25H,8,13,15,18-20H2,1-7H3. The van der Waals surface area contributed by atoms with Gasteiger partial charge in [0, 0.05) is 41.9 Å². The number of nitrogens with zero attached hydrogens (tertiary/aromatic N) is 2. The van der Waals surface area contributed by atoms with E-state index >= 15 is 0 Å². The van der Waals surface area contributed by atoms with E-state index in [1.807, 2.05) is 40.0 Å². The third-order valence-corrected chi connectivity index (χ3v) is 8.34. The van der Waals surface area contributed by atoms with Crippen LogP contribution in [0.25, 0.3) is 10.9 Å². The Kier molecular flexibility index (Phi) is 7.08. The predicted octanol–water partition coefficient (Wildman–Crippen LogP) is 7.11. The highest BCUT2D eigenvalue weighted by molar-refractivity contribution is 5.95. The van der Waals surface area contributed by atoms with Gasteiger partial charge in [0.05, 0.1) is 18.7 Å². The van der Waals surface area contributed by atoms with Crippen molar-refractivity contribution in [1.29, 1.82) is 0 Å². The first-order chi connectivity index (χ1) is 18.1. The summed E-state index contributed by atoms with van der Waals surface area (Å²) in [5.41, 5.74) is 4.97. The predicted molar refractivity (Wildman–Crippen MR) is 151 cm³/mol. The molecule has 5 rings (SSSR count). The lowest BCUT2D eigenvalue weighted by Crippen LogP contribution is -2.52. The highest BCUT2D eigenvalue weighted by Gasteiger charge is 2.53. The van der Waals surface area contributed by atoms with Crippen LogP contribution in [0.4, 0.5) is 4.79 Å². The Balaban J connectivity index is 1.60. The van der Waals surface area contributed by atoms with Crippen molar-refractivity contribution in [3.63, 3.8) is 0 Å². The summed E-state index contributed by atoms with van der Waals surface area (Å²) in [5.74, 6) is 0.863. The molecule has 2 aliphatic rings. The van der Waals surface area contributed by atoms with Crippen molar-refractivity contribution in [3.05, 3.63) is 64.8 Å². The molecule has 2 bridgehead atoms. The van der Waals surface area contributed by atoms with Gasteiger partial charge in [0.1, 0.15) is 11.4 Å². The van der Waals surface area contributed by atoms with E-state index in [2.05, 4.69) is 49.1 Å². The van der Waals surface area contributed by atoms with Crippen LogP contribution < -0.4 is 4.74 Å². The van der Waals surface area contributed by atoms with E-state index in [0.717, 1.165) is 66.6 Å². The molecule has 2 aliphatic heterocycles. The van der Waals surface area contributed by atoms with Crippen LogP contribution in [0.1, 0.15) is 75.6 Å². The molecule has 0 N–H and O–H groups in total. The van der Waals surface area contributed by atoms with E-state index in [4.69, 9.17) is 14.2 Å². The van der Waals surface area contributed by atoms with Gasteiger partial charge in [-0.25, -0.2) is 4.79 Å². The summed E-state index contributed by atoms with van der Waals surface area (Å²) < 4.78 is 19.5. The molecule has 0 aliphatic carbocycles. The Morgan fingerprint density at radius 3 is 2.53 bits per heavy atom. The second kappa shape index (κ2) is 10.0. The van der Waals surface area contributed by atoms with Crippen molar-refractivity contribution in [2.24, 2.45) is 0 Å². The zero-order chi connectivity index (χ0) is 27.2. The summed E-state index contributed by atoms with van der Waals surface area (Å²) in [6.45, 7) is 13.4. The monoisotopic (exact) mass is 518 g/mol. The van der Waals surface area contributed by atoms with Crippen LogP contribution in [0.3, 0.4) is 0 Å². The van der Waals surface area contributed by atoms with Gasteiger partial charge in [0.15, 0.2) is 0 Å². The van der Waals surface area contributed by atoms with Gasteiger partial charge >= 0.3 is 6.09 Å². The van der Waals surface area contributed by atoms with Crippen molar-refractivity contribution >= 4 is 17.0 Å². The molecule has 38 heavy (non-hydrogen) atoms. The van der Waals surface area contributed by atoms with E-state index in [-0.39, 0.29) is 17.7 Å². The molecule has 3 aromatic rings. The van der Waals surface area contributed by atoms with E-state index < -0.39 is 5.60 Å². The first kappa shape index (κ1) is 26.8. The smallest absolute Gasteiger partial charge is 0.419 e. The lowest BCUT2D eigenvalue weighted by molar-refractivity contribution is -0.0593. The van der Waals surface area contributed by atoms with Crippen LogP contribution in [-0.4, -0.2) is 47.0 Å². The van der Waals surface area contributed by atoms with Gasteiger partial charge in [-0.15, -0.1) is 0 Å². The Morgan fingerprint density at radius 1 is 1.13 bits per heavy atom. The number of carbonyl (C=O) groups excluding carboxylic acids is 1. The fraction of sp³-hybridized carbons (Fsp3) is 0.531. The van der Waals surface area contributed by atoms with Gasteiger partial charge in [0.2, 0.25) is 0 Å². The molecule has 0 amide bonds. The van der Waals surface area contributed by atoms with Gasteiger partial charge in [-0.2, -0.15) is 0 Å². The summed E-state index contributed by atoms with van der Waals surface area (Å²) in [6, 6.07) is 13.6. The molecule has 204 valence electrons. The number of rotatable bonds is 6. The van der Waals surface area contributed by atoms with Gasteiger partial charge in [-0.05, 0) is 90.5 Å². The zero-order valence-corrected chi connectivity index (χ0v) is 24.0. The highest BCUT2D eigenvalue weighted by Crippen LogP contribution is 2.53. The molecule has 3 unspecified atom stereocenters. The number of hydrogen-bond acceptors (Lipinski definition) is 5. The number of hydrogen-bond donors (Lipinski definition) is 0. The Bertz CT molecular complexity index is 1320. The van der Waals surface area contributed by atoms with Crippen LogP contribution in [0.15, 0.2) is 42.6 Å². The fourth-order valence-corrected chi connectivity index (χ4v) is 6.76. The summed E-state index contributed by atoms with van der Waals surface area (Å²) in [5, 5.41) is 1.04. The van der Waals surface area contributed by atoms with Crippen LogP contribution in [0, 0.1) is 13.8 Å². The van der Waals surface area contributed by atoms with E-state index in [9.17, 15) is 4.79 Å². The van der Waals surface area contributed by atoms with Gasteiger partial charge in [-0.3, -0.25) is 9.47 Å². The first-order valence-corrected chi connectivity index (χ1v) is 13.9. The van der Waals surface area contributed by atoms with E-state index in [0.29, 0.717) is 6.04 Å². The second-order valence-corrected chi connectivity index (χ2v) is 12.0. The molecule has 2 fully saturated rings. The van der Waals surface area contributed by atoms with Crippen molar-refractivity contribution in [2.75, 3.05) is 13.7 Å². The van der Waals surface area contributed by atoms with Crippen molar-refractivity contribution in [3.8, 4) is 5.75 Å². The van der Waals surface area contributed by atoms with Crippen LogP contribution in [0.2, 0.25) is 0 Å². The number of fused-ring (bicyclic) bond motifs is 3.